The van der Waals surface area contributed by atoms with Crippen LogP contribution in [0.5, 0.6) is 0 Å². The molecule has 0 saturated carbocycles. The van der Waals surface area contributed by atoms with Crippen molar-refractivity contribution < 1.29 is 9.32 Å². The molecule has 0 fully saturated rings. The van der Waals surface area contributed by atoms with Crippen LogP contribution >= 0.6 is 33.9 Å². The first-order valence-corrected chi connectivity index (χ1v) is 5.99. The molecule has 0 spiro atoms. The first kappa shape index (κ1) is 10.6. The summed E-state index contributed by atoms with van der Waals surface area (Å²) >= 11 is 3.70. The Bertz CT molecular complexity index is 454. The van der Waals surface area contributed by atoms with E-state index in [-0.39, 0.29) is 12.5 Å². The third-order valence-corrected chi connectivity index (χ3v) is 3.43. The number of hydrogen-bond donors (Lipinski definition) is 1. The van der Waals surface area contributed by atoms with Gasteiger partial charge in [0, 0.05) is 5.38 Å². The molecule has 0 radical (unpaired) electrons. The number of nitrogens with one attached hydrogen (secondary N) is 1. The molecular formula is C8H6IN3O2S. The number of carbonyl (C=O) groups excluding carboxylic acids is 1. The second-order valence-corrected chi connectivity index (χ2v) is 5.48. The van der Waals surface area contributed by atoms with Gasteiger partial charge in [-0.25, -0.2) is 0 Å². The summed E-state index contributed by atoms with van der Waals surface area (Å²) < 4.78 is 5.63. The minimum absolute atomic E-state index is 0.126. The monoisotopic (exact) mass is 335 g/mol. The molecule has 0 saturated heterocycles. The van der Waals surface area contributed by atoms with Gasteiger partial charge >= 0.3 is 0 Å². The molecule has 1 amide bonds. The third-order valence-electron chi connectivity index (χ3n) is 1.64. The Morgan fingerprint density at radius 2 is 2.53 bits per heavy atom. The lowest BCUT2D eigenvalue weighted by atomic mass is 10.3. The van der Waals surface area contributed by atoms with Crippen LogP contribution in [0.15, 0.2) is 22.4 Å². The van der Waals surface area contributed by atoms with Gasteiger partial charge in [0.05, 0.1) is 15.0 Å². The zero-order chi connectivity index (χ0) is 10.7. The van der Waals surface area contributed by atoms with Crippen molar-refractivity contribution >= 4 is 39.8 Å². The Kier molecular flexibility index (Phi) is 3.31. The molecule has 0 atom stereocenters. The Hall–Kier alpha value is -0.960. The lowest BCUT2D eigenvalue weighted by molar-refractivity contribution is 0.0950. The Morgan fingerprint density at radius 3 is 3.13 bits per heavy atom. The number of thiophene rings is 1. The summed E-state index contributed by atoms with van der Waals surface area (Å²) in [5.41, 5.74) is 0.660. The normalized spacial score (nSPS) is 10.2. The summed E-state index contributed by atoms with van der Waals surface area (Å²) in [7, 11) is 0. The molecule has 0 unspecified atom stereocenters. The van der Waals surface area contributed by atoms with E-state index in [1.54, 1.807) is 0 Å². The second kappa shape index (κ2) is 4.71. The summed E-state index contributed by atoms with van der Waals surface area (Å²) in [5, 5.41) is 8.09. The van der Waals surface area contributed by atoms with Crippen molar-refractivity contribution in [2.75, 3.05) is 0 Å². The van der Waals surface area contributed by atoms with Crippen LogP contribution in [0.25, 0.3) is 0 Å². The minimum atomic E-state index is -0.126. The predicted molar refractivity (Wildman–Crippen MR) is 62.5 cm³/mol. The highest BCUT2D eigenvalue weighted by Crippen LogP contribution is 2.16. The zero-order valence-corrected chi connectivity index (χ0v) is 10.4. The number of carbonyl (C=O) groups is 1. The van der Waals surface area contributed by atoms with Gasteiger partial charge in [0.2, 0.25) is 6.39 Å². The summed E-state index contributed by atoms with van der Waals surface area (Å²) in [6, 6.07) is 1.83. The highest BCUT2D eigenvalue weighted by Gasteiger charge is 2.08. The smallest absolute Gasteiger partial charge is 0.252 e. The zero-order valence-electron chi connectivity index (χ0n) is 7.44. The molecular weight excluding hydrogens is 329 g/mol. The van der Waals surface area contributed by atoms with E-state index in [0.717, 1.165) is 2.88 Å². The van der Waals surface area contributed by atoms with E-state index in [9.17, 15) is 4.79 Å². The maximum atomic E-state index is 11.6. The SMILES string of the molecule is O=C(NCc1ncon1)c1csc(I)c1. The van der Waals surface area contributed by atoms with Crippen LogP contribution in [0.2, 0.25) is 0 Å². The number of amides is 1. The first-order chi connectivity index (χ1) is 7.25. The Labute approximate surface area is 103 Å². The van der Waals surface area contributed by atoms with E-state index in [4.69, 9.17) is 0 Å². The van der Waals surface area contributed by atoms with Gasteiger partial charge in [0.15, 0.2) is 5.82 Å². The van der Waals surface area contributed by atoms with Gasteiger partial charge in [0.25, 0.3) is 5.91 Å². The van der Waals surface area contributed by atoms with Crippen LogP contribution in [0.4, 0.5) is 0 Å². The maximum Gasteiger partial charge on any atom is 0.252 e. The van der Waals surface area contributed by atoms with Crippen molar-refractivity contribution in [2.45, 2.75) is 6.54 Å². The second-order valence-electron chi connectivity index (χ2n) is 2.67. The minimum Gasteiger partial charge on any atom is -0.345 e. The van der Waals surface area contributed by atoms with E-state index in [1.807, 2.05) is 11.4 Å². The topological polar surface area (TPSA) is 68.0 Å². The fraction of sp³-hybridized carbons (Fsp3) is 0.125. The summed E-state index contributed by atoms with van der Waals surface area (Å²) in [6.07, 6.45) is 1.23. The predicted octanol–water partition coefficient (Wildman–Crippen LogP) is 1.67. The lowest BCUT2D eigenvalue weighted by Gasteiger charge is -1.98. The maximum absolute atomic E-state index is 11.6. The summed E-state index contributed by atoms with van der Waals surface area (Å²) in [5.74, 6) is 0.340. The van der Waals surface area contributed by atoms with Gasteiger partial charge in [0.1, 0.15) is 0 Å². The van der Waals surface area contributed by atoms with Gasteiger partial charge < -0.3 is 9.84 Å². The van der Waals surface area contributed by atoms with Crippen LogP contribution in [0, 0.1) is 2.88 Å². The average Bonchev–Trinajstić information content (AvgIpc) is 2.84. The van der Waals surface area contributed by atoms with Crippen molar-refractivity contribution in [3.63, 3.8) is 0 Å². The molecule has 0 bridgehead atoms. The van der Waals surface area contributed by atoms with Crippen molar-refractivity contribution in [3.05, 3.63) is 32.1 Å². The molecule has 15 heavy (non-hydrogen) atoms. The fourth-order valence-corrected chi connectivity index (χ4v) is 2.29. The molecule has 7 heteroatoms. The molecule has 0 aliphatic carbocycles. The molecule has 0 aliphatic heterocycles. The molecule has 2 heterocycles. The van der Waals surface area contributed by atoms with Gasteiger partial charge in [-0.2, -0.15) is 4.98 Å². The van der Waals surface area contributed by atoms with Crippen molar-refractivity contribution in [3.8, 4) is 0 Å². The van der Waals surface area contributed by atoms with Crippen molar-refractivity contribution in [2.24, 2.45) is 0 Å². The van der Waals surface area contributed by atoms with E-state index in [1.165, 1.54) is 17.7 Å². The Balaban J connectivity index is 1.93. The Morgan fingerprint density at radius 1 is 1.67 bits per heavy atom. The highest BCUT2D eigenvalue weighted by atomic mass is 127. The average molecular weight is 335 g/mol. The largest absolute Gasteiger partial charge is 0.345 e. The van der Waals surface area contributed by atoms with Crippen LogP contribution in [0.3, 0.4) is 0 Å². The van der Waals surface area contributed by atoms with E-state index < -0.39 is 0 Å². The van der Waals surface area contributed by atoms with Crippen LogP contribution in [-0.4, -0.2) is 16.0 Å². The van der Waals surface area contributed by atoms with E-state index in [0.29, 0.717) is 11.4 Å². The van der Waals surface area contributed by atoms with Crippen molar-refractivity contribution in [1.29, 1.82) is 0 Å². The van der Waals surface area contributed by atoms with Crippen molar-refractivity contribution in [1.82, 2.24) is 15.5 Å². The standard InChI is InChI=1S/C8H6IN3O2S/c9-6-1-5(3-15-6)8(13)10-2-7-11-4-14-12-7/h1,3-4H,2H2,(H,10,13). The molecule has 0 aromatic carbocycles. The summed E-state index contributed by atoms with van der Waals surface area (Å²) in [6.45, 7) is 0.280. The summed E-state index contributed by atoms with van der Waals surface area (Å²) in [4.78, 5) is 15.4. The molecule has 2 aromatic rings. The van der Waals surface area contributed by atoms with Gasteiger partial charge in [-0.15, -0.1) is 11.3 Å². The number of nitrogens with zero attached hydrogens (tertiary/aromatic N) is 2. The van der Waals surface area contributed by atoms with Gasteiger partial charge in [-0.05, 0) is 28.7 Å². The van der Waals surface area contributed by atoms with Crippen LogP contribution in [0.1, 0.15) is 16.2 Å². The van der Waals surface area contributed by atoms with Crippen LogP contribution in [-0.2, 0) is 6.54 Å². The van der Waals surface area contributed by atoms with Crippen LogP contribution < -0.4 is 5.32 Å². The molecule has 2 rings (SSSR count). The number of rotatable bonds is 3. The number of hydrogen-bond acceptors (Lipinski definition) is 5. The molecule has 1 N–H and O–H groups in total. The highest BCUT2D eigenvalue weighted by molar-refractivity contribution is 14.1. The lowest BCUT2D eigenvalue weighted by Crippen LogP contribution is -2.22. The molecule has 0 aliphatic rings. The fourth-order valence-electron chi connectivity index (χ4n) is 0.961. The van der Waals surface area contributed by atoms with Gasteiger partial charge in [-0.3, -0.25) is 4.79 Å². The molecule has 5 nitrogen and oxygen atoms in total. The number of halogens is 1. The molecule has 78 valence electrons. The first-order valence-electron chi connectivity index (χ1n) is 4.03. The van der Waals surface area contributed by atoms with E-state index in [2.05, 4.69) is 42.6 Å². The third kappa shape index (κ3) is 2.75. The molecule has 2 aromatic heterocycles. The van der Waals surface area contributed by atoms with Gasteiger partial charge in [-0.1, -0.05) is 5.16 Å². The van der Waals surface area contributed by atoms with E-state index >= 15 is 0 Å². The number of aromatic nitrogens is 2. The quantitative estimate of drug-likeness (QED) is 0.867.